The zero-order valence-electron chi connectivity index (χ0n) is 11.8. The lowest BCUT2D eigenvalue weighted by Gasteiger charge is -2.16. The number of hydrogen-bond acceptors (Lipinski definition) is 4. The summed E-state index contributed by atoms with van der Waals surface area (Å²) in [5.41, 5.74) is 0.744. The Morgan fingerprint density at radius 2 is 2.25 bits per heavy atom. The molecule has 6 heteroatoms. The highest BCUT2D eigenvalue weighted by Crippen LogP contribution is 2.31. The first-order chi connectivity index (χ1) is 9.69. The highest BCUT2D eigenvalue weighted by Gasteiger charge is 2.34. The van der Waals surface area contributed by atoms with Crippen LogP contribution in [-0.2, 0) is 6.54 Å². The number of likely N-dealkylation sites (tertiary alicyclic amines) is 1. The first-order valence-corrected chi connectivity index (χ1v) is 8.22. The van der Waals surface area contributed by atoms with Crippen molar-refractivity contribution in [3.63, 3.8) is 0 Å². The highest BCUT2D eigenvalue weighted by molar-refractivity contribution is 9.10. The van der Waals surface area contributed by atoms with Crippen molar-refractivity contribution in [2.45, 2.75) is 38.8 Å². The molecule has 110 valence electrons. The molecule has 20 heavy (non-hydrogen) atoms. The SMILES string of the molecule is CCn1ncc(NCC2CCN(C3CC3)C2)c(Br)c1=O. The molecule has 0 radical (unpaired) electrons. The quantitative estimate of drug-likeness (QED) is 0.889. The highest BCUT2D eigenvalue weighted by atomic mass is 79.9. The zero-order chi connectivity index (χ0) is 14.1. The van der Waals surface area contributed by atoms with Crippen LogP contribution in [0, 0.1) is 5.92 Å². The largest absolute Gasteiger partial charge is 0.382 e. The molecule has 3 rings (SSSR count). The van der Waals surface area contributed by atoms with Gasteiger partial charge in [-0.3, -0.25) is 4.79 Å². The molecule has 1 aromatic heterocycles. The molecule has 5 nitrogen and oxygen atoms in total. The molecule has 2 fully saturated rings. The summed E-state index contributed by atoms with van der Waals surface area (Å²) in [6.07, 6.45) is 5.75. The summed E-state index contributed by atoms with van der Waals surface area (Å²) in [4.78, 5) is 14.6. The number of halogens is 1. The average Bonchev–Trinajstić information content (AvgIpc) is 3.20. The van der Waals surface area contributed by atoms with Crippen molar-refractivity contribution >= 4 is 21.6 Å². The van der Waals surface area contributed by atoms with Gasteiger partial charge in [-0.2, -0.15) is 5.10 Å². The normalized spacial score (nSPS) is 23.2. The van der Waals surface area contributed by atoms with E-state index in [1.807, 2.05) is 6.92 Å². The Kier molecular flexibility index (Phi) is 4.12. The zero-order valence-corrected chi connectivity index (χ0v) is 13.4. The molecule has 1 aliphatic carbocycles. The molecule has 1 aromatic rings. The summed E-state index contributed by atoms with van der Waals surface area (Å²) in [5, 5.41) is 7.53. The smallest absolute Gasteiger partial charge is 0.283 e. The first-order valence-electron chi connectivity index (χ1n) is 7.42. The van der Waals surface area contributed by atoms with Gasteiger partial charge in [0.15, 0.2) is 0 Å². The van der Waals surface area contributed by atoms with Crippen LogP contribution in [0.2, 0.25) is 0 Å². The third kappa shape index (κ3) is 2.91. The molecule has 0 spiro atoms. The summed E-state index contributed by atoms with van der Waals surface area (Å²) < 4.78 is 2.05. The Morgan fingerprint density at radius 3 is 2.95 bits per heavy atom. The molecule has 1 saturated carbocycles. The lowest BCUT2D eigenvalue weighted by molar-refractivity contribution is 0.316. The van der Waals surface area contributed by atoms with E-state index in [0.717, 1.165) is 18.3 Å². The Labute approximate surface area is 127 Å². The van der Waals surface area contributed by atoms with Gasteiger partial charge in [-0.15, -0.1) is 0 Å². The van der Waals surface area contributed by atoms with Gasteiger partial charge < -0.3 is 10.2 Å². The second-order valence-electron chi connectivity index (χ2n) is 5.75. The van der Waals surface area contributed by atoms with E-state index in [9.17, 15) is 4.79 Å². The van der Waals surface area contributed by atoms with Crippen LogP contribution in [0.1, 0.15) is 26.2 Å². The van der Waals surface area contributed by atoms with Gasteiger partial charge in [0.05, 0.1) is 11.9 Å². The van der Waals surface area contributed by atoms with Crippen molar-refractivity contribution in [1.29, 1.82) is 0 Å². The van der Waals surface area contributed by atoms with E-state index < -0.39 is 0 Å². The van der Waals surface area contributed by atoms with Gasteiger partial charge in [0.1, 0.15) is 4.47 Å². The topological polar surface area (TPSA) is 50.2 Å². The minimum absolute atomic E-state index is 0.0662. The van der Waals surface area contributed by atoms with Gasteiger partial charge in [0.2, 0.25) is 0 Å². The average molecular weight is 341 g/mol. The minimum atomic E-state index is -0.0662. The fourth-order valence-electron chi connectivity index (χ4n) is 2.87. The van der Waals surface area contributed by atoms with Gasteiger partial charge in [0, 0.05) is 25.7 Å². The van der Waals surface area contributed by atoms with Crippen LogP contribution in [0.5, 0.6) is 0 Å². The number of aromatic nitrogens is 2. The van der Waals surface area contributed by atoms with Crippen LogP contribution in [0.4, 0.5) is 5.69 Å². The van der Waals surface area contributed by atoms with Gasteiger partial charge in [-0.25, -0.2) is 4.68 Å². The van der Waals surface area contributed by atoms with E-state index >= 15 is 0 Å². The second kappa shape index (κ2) is 5.85. The van der Waals surface area contributed by atoms with Gasteiger partial charge in [0.25, 0.3) is 5.56 Å². The summed E-state index contributed by atoms with van der Waals surface area (Å²) in [6.45, 7) is 5.84. The van der Waals surface area contributed by atoms with Crippen LogP contribution < -0.4 is 10.9 Å². The maximum Gasteiger partial charge on any atom is 0.283 e. The molecular weight excluding hydrogens is 320 g/mol. The predicted octanol–water partition coefficient (Wildman–Crippen LogP) is 1.92. The molecule has 1 unspecified atom stereocenters. The Bertz CT molecular complexity index is 540. The van der Waals surface area contributed by atoms with E-state index in [-0.39, 0.29) is 5.56 Å². The Hall–Kier alpha value is -0.880. The second-order valence-corrected chi connectivity index (χ2v) is 6.55. The van der Waals surface area contributed by atoms with E-state index in [1.54, 1.807) is 6.20 Å². The fraction of sp³-hybridized carbons (Fsp3) is 0.714. The molecule has 2 aliphatic rings. The molecule has 2 heterocycles. The number of aryl methyl sites for hydroxylation is 1. The van der Waals surface area contributed by atoms with Crippen LogP contribution in [0.3, 0.4) is 0 Å². The van der Waals surface area contributed by atoms with Crippen molar-refractivity contribution in [3.05, 3.63) is 21.0 Å². The van der Waals surface area contributed by atoms with Gasteiger partial charge in [-0.1, -0.05) is 0 Å². The van der Waals surface area contributed by atoms with Gasteiger partial charge >= 0.3 is 0 Å². The third-order valence-electron chi connectivity index (χ3n) is 4.25. The molecular formula is C14H21BrN4O. The standard InChI is InChI=1S/C14H21BrN4O/c1-2-19-14(20)13(15)12(8-17-19)16-7-10-5-6-18(9-10)11-3-4-11/h8,10-11,16H,2-7,9H2,1H3. The summed E-state index contributed by atoms with van der Waals surface area (Å²) in [6, 6.07) is 0.863. The molecule has 0 amide bonds. The number of nitrogens with one attached hydrogen (secondary N) is 1. The summed E-state index contributed by atoms with van der Waals surface area (Å²) in [5.74, 6) is 0.677. The maximum atomic E-state index is 12.0. The van der Waals surface area contributed by atoms with Crippen molar-refractivity contribution in [2.24, 2.45) is 5.92 Å². The molecule has 1 atom stereocenters. The van der Waals surface area contributed by atoms with Crippen LogP contribution >= 0.6 is 15.9 Å². The Balaban J connectivity index is 1.58. The van der Waals surface area contributed by atoms with Crippen LogP contribution in [0.15, 0.2) is 15.5 Å². The fourth-order valence-corrected chi connectivity index (χ4v) is 3.32. The van der Waals surface area contributed by atoms with Gasteiger partial charge in [-0.05, 0) is 54.6 Å². The van der Waals surface area contributed by atoms with E-state index in [1.165, 1.54) is 37.0 Å². The van der Waals surface area contributed by atoms with Crippen molar-refractivity contribution in [1.82, 2.24) is 14.7 Å². The Morgan fingerprint density at radius 1 is 1.45 bits per heavy atom. The summed E-state index contributed by atoms with van der Waals surface area (Å²) in [7, 11) is 0. The van der Waals surface area contributed by atoms with Crippen molar-refractivity contribution < 1.29 is 0 Å². The third-order valence-corrected chi connectivity index (χ3v) is 5.01. The van der Waals surface area contributed by atoms with E-state index in [4.69, 9.17) is 0 Å². The molecule has 1 saturated heterocycles. The summed E-state index contributed by atoms with van der Waals surface area (Å²) >= 11 is 3.38. The predicted molar refractivity (Wildman–Crippen MR) is 83.1 cm³/mol. The van der Waals surface area contributed by atoms with Crippen molar-refractivity contribution in [2.75, 3.05) is 25.0 Å². The number of anilines is 1. The molecule has 0 aromatic carbocycles. The number of rotatable bonds is 5. The first kappa shape index (κ1) is 14.1. The maximum absolute atomic E-state index is 12.0. The van der Waals surface area contributed by atoms with Crippen LogP contribution in [-0.4, -0.2) is 40.4 Å². The van der Waals surface area contributed by atoms with Crippen molar-refractivity contribution in [3.8, 4) is 0 Å². The van der Waals surface area contributed by atoms with E-state index in [0.29, 0.717) is 16.9 Å². The molecule has 1 aliphatic heterocycles. The number of nitrogens with zero attached hydrogens (tertiary/aromatic N) is 3. The molecule has 0 bridgehead atoms. The lowest BCUT2D eigenvalue weighted by Crippen LogP contribution is -2.26. The number of hydrogen-bond donors (Lipinski definition) is 1. The monoisotopic (exact) mass is 340 g/mol. The molecule has 1 N–H and O–H groups in total. The van der Waals surface area contributed by atoms with Crippen LogP contribution in [0.25, 0.3) is 0 Å². The lowest BCUT2D eigenvalue weighted by atomic mass is 10.1. The van der Waals surface area contributed by atoms with E-state index in [2.05, 4.69) is 31.2 Å². The minimum Gasteiger partial charge on any atom is -0.382 e.